The summed E-state index contributed by atoms with van der Waals surface area (Å²) in [5.41, 5.74) is 2.93. The molecule has 2 N–H and O–H groups in total. The molecule has 2 amide bonds. The zero-order valence-corrected chi connectivity index (χ0v) is 27.6. The van der Waals surface area contributed by atoms with Crippen LogP contribution in [0.15, 0.2) is 88.4 Å². The molecule has 2 aromatic carbocycles. The van der Waals surface area contributed by atoms with Gasteiger partial charge >= 0.3 is 5.97 Å². The molecular formula is C35H36N6O6S. The fourth-order valence-electron chi connectivity index (χ4n) is 5.47. The van der Waals surface area contributed by atoms with Crippen LogP contribution in [0.4, 0.5) is 5.69 Å². The molecule has 1 saturated heterocycles. The van der Waals surface area contributed by atoms with Crippen LogP contribution < -0.4 is 5.32 Å². The maximum atomic E-state index is 14.3. The van der Waals surface area contributed by atoms with Crippen LogP contribution in [0, 0.1) is 18.8 Å². The molecule has 3 atom stereocenters. The molecule has 0 spiro atoms. The third-order valence-electron chi connectivity index (χ3n) is 7.75. The van der Waals surface area contributed by atoms with E-state index in [0.29, 0.717) is 46.9 Å². The van der Waals surface area contributed by atoms with E-state index in [0.717, 1.165) is 5.69 Å². The molecule has 2 aromatic heterocycles. The molecule has 0 saturated carbocycles. The molecule has 1 aliphatic heterocycles. The zero-order valence-electron chi connectivity index (χ0n) is 26.8. The van der Waals surface area contributed by atoms with Crippen LogP contribution in [0.3, 0.4) is 0 Å². The Balaban J connectivity index is 1.32. The number of hydrogen-bond donors (Lipinski definition) is 2. The largest absolute Gasteiger partial charge is 0.468 e. The van der Waals surface area contributed by atoms with Crippen LogP contribution in [-0.2, 0) is 26.3 Å². The van der Waals surface area contributed by atoms with Crippen molar-refractivity contribution >= 4 is 33.2 Å². The first-order valence-electron chi connectivity index (χ1n) is 15.3. The number of benzene rings is 2. The first kappa shape index (κ1) is 34.2. The van der Waals surface area contributed by atoms with E-state index in [-0.39, 0.29) is 23.6 Å². The van der Waals surface area contributed by atoms with E-state index in [1.54, 1.807) is 78.7 Å². The molecule has 0 aliphatic carbocycles. The number of likely N-dealkylation sites (tertiary alicyclic amines) is 1. The van der Waals surface area contributed by atoms with Crippen molar-refractivity contribution in [2.24, 2.45) is 11.4 Å². The quantitative estimate of drug-likeness (QED) is 0.202. The van der Waals surface area contributed by atoms with Gasteiger partial charge in [0.15, 0.2) is 0 Å². The van der Waals surface area contributed by atoms with Gasteiger partial charge in [-0.15, -0.1) is 0 Å². The third kappa shape index (κ3) is 8.40. The van der Waals surface area contributed by atoms with E-state index < -0.39 is 33.8 Å². The Bertz CT molecular complexity index is 2010. The topological polar surface area (TPSA) is 156 Å². The van der Waals surface area contributed by atoms with Gasteiger partial charge in [-0.3, -0.25) is 28.9 Å². The van der Waals surface area contributed by atoms with Gasteiger partial charge in [0.2, 0.25) is 0 Å². The average molecular weight is 669 g/mol. The summed E-state index contributed by atoms with van der Waals surface area (Å²) in [6, 6.07) is 18.3. The van der Waals surface area contributed by atoms with Gasteiger partial charge in [-0.1, -0.05) is 36.1 Å². The zero-order chi connectivity index (χ0) is 34.3. The minimum atomic E-state index is -3.20. The van der Waals surface area contributed by atoms with E-state index in [1.165, 1.54) is 24.2 Å². The standard InChI is InChI=1S/C35H36N6O6S/c1-24-17-31(40(2)38-24)34(44)37-28-10-7-9-25(19-28)13-14-26-18-27(22-36-21-26)33(43)39-48(46,30-11-5-4-6-12-30)16-8-15-41-23-29(42)20-32(41)35(45)47-3/h4-7,9-12,17-19,21-22,29,32,42H,8,15-16,20,23H2,1-3H3,(H,37,44)/t29-,32+,48?/m0/s1. The summed E-state index contributed by atoms with van der Waals surface area (Å²) in [7, 11) is -0.194. The van der Waals surface area contributed by atoms with Gasteiger partial charge in [0, 0.05) is 66.4 Å². The molecule has 4 aromatic rings. The lowest BCUT2D eigenvalue weighted by Crippen LogP contribution is -2.38. The van der Waals surface area contributed by atoms with E-state index >= 15 is 0 Å². The molecule has 1 fully saturated rings. The Kier molecular flexibility index (Phi) is 10.8. The number of nitrogens with zero attached hydrogens (tertiary/aromatic N) is 5. The Hall–Kier alpha value is -5.16. The molecule has 0 bridgehead atoms. The van der Waals surface area contributed by atoms with E-state index in [9.17, 15) is 23.7 Å². The number of esters is 1. The van der Waals surface area contributed by atoms with Gasteiger partial charge in [0.25, 0.3) is 11.8 Å². The summed E-state index contributed by atoms with van der Waals surface area (Å²) in [6.45, 7) is 2.48. The van der Waals surface area contributed by atoms with Gasteiger partial charge in [0.05, 0.1) is 34.2 Å². The second-order valence-corrected chi connectivity index (χ2v) is 13.7. The molecule has 13 heteroatoms. The number of ether oxygens (including phenoxy) is 1. The Morgan fingerprint density at radius 1 is 1.06 bits per heavy atom. The molecule has 3 heterocycles. The first-order chi connectivity index (χ1) is 23.0. The molecule has 48 heavy (non-hydrogen) atoms. The van der Waals surface area contributed by atoms with Crippen molar-refractivity contribution in [3.05, 3.63) is 107 Å². The second-order valence-electron chi connectivity index (χ2n) is 11.4. The second kappa shape index (κ2) is 15.2. The fraction of sp³-hybridized carbons (Fsp3) is 0.286. The van der Waals surface area contributed by atoms with Crippen LogP contribution >= 0.6 is 0 Å². The number of nitrogens with one attached hydrogen (secondary N) is 1. The van der Waals surface area contributed by atoms with Crippen LogP contribution in [0.2, 0.25) is 0 Å². The highest BCUT2D eigenvalue weighted by Crippen LogP contribution is 2.22. The van der Waals surface area contributed by atoms with E-state index in [4.69, 9.17) is 4.74 Å². The molecule has 1 aliphatic rings. The van der Waals surface area contributed by atoms with E-state index in [2.05, 4.69) is 31.6 Å². The van der Waals surface area contributed by atoms with Crippen molar-refractivity contribution in [1.82, 2.24) is 19.7 Å². The number of aryl methyl sites for hydroxylation is 2. The normalized spacial score (nSPS) is 17.1. The minimum absolute atomic E-state index is 0.0588. The van der Waals surface area contributed by atoms with Gasteiger partial charge in [-0.05, 0) is 55.8 Å². The number of methoxy groups -OCH3 is 1. The predicted molar refractivity (Wildman–Crippen MR) is 180 cm³/mol. The summed E-state index contributed by atoms with van der Waals surface area (Å²) < 4.78 is 24.9. The van der Waals surface area contributed by atoms with Crippen LogP contribution in [-0.4, -0.2) is 84.9 Å². The summed E-state index contributed by atoms with van der Waals surface area (Å²) in [5.74, 6) is 4.66. The predicted octanol–water partition coefficient (Wildman–Crippen LogP) is 3.44. The summed E-state index contributed by atoms with van der Waals surface area (Å²) >= 11 is 0. The maximum absolute atomic E-state index is 14.3. The van der Waals surface area contributed by atoms with Crippen LogP contribution in [0.1, 0.15) is 50.5 Å². The number of pyridine rings is 1. The highest BCUT2D eigenvalue weighted by molar-refractivity contribution is 7.94. The van der Waals surface area contributed by atoms with Crippen molar-refractivity contribution in [1.29, 1.82) is 0 Å². The Morgan fingerprint density at radius 3 is 2.56 bits per heavy atom. The SMILES string of the molecule is COC(=O)[C@H]1C[C@H](O)CN1CCCS(=O)(=NC(=O)c1cncc(C#Cc2cccc(NC(=O)c3cc(C)nn3C)c2)c1)c1ccccc1. The van der Waals surface area contributed by atoms with Crippen LogP contribution in [0.25, 0.3) is 0 Å². The van der Waals surface area contributed by atoms with Crippen molar-refractivity contribution < 1.29 is 28.4 Å². The smallest absolute Gasteiger partial charge is 0.323 e. The molecule has 12 nitrogen and oxygen atoms in total. The van der Waals surface area contributed by atoms with Gasteiger partial charge in [0.1, 0.15) is 11.7 Å². The molecule has 0 radical (unpaired) electrons. The molecule has 248 valence electrons. The van der Waals surface area contributed by atoms with Crippen LogP contribution in [0.5, 0.6) is 0 Å². The number of anilines is 1. The number of carbonyl (C=O) groups excluding carboxylic acids is 3. The summed E-state index contributed by atoms with van der Waals surface area (Å²) in [4.78, 5) is 44.7. The van der Waals surface area contributed by atoms with Crippen molar-refractivity contribution in [3.8, 4) is 11.8 Å². The Morgan fingerprint density at radius 2 is 1.83 bits per heavy atom. The number of β-amino-alcohol motifs (C(OH)–C–C–N with tert-alkyl or cyclic N) is 1. The highest BCUT2D eigenvalue weighted by atomic mass is 32.2. The number of amides is 2. The third-order valence-corrected chi connectivity index (χ3v) is 10.1. The van der Waals surface area contributed by atoms with Gasteiger partial charge in [-0.2, -0.15) is 9.46 Å². The minimum Gasteiger partial charge on any atom is -0.468 e. The lowest BCUT2D eigenvalue weighted by atomic mass is 10.1. The number of aromatic nitrogens is 3. The lowest BCUT2D eigenvalue weighted by molar-refractivity contribution is -0.145. The number of aliphatic hydroxyl groups excluding tert-OH is 1. The summed E-state index contributed by atoms with van der Waals surface area (Å²) in [5, 5.41) is 17.2. The maximum Gasteiger partial charge on any atom is 0.323 e. The number of hydrogen-bond acceptors (Lipinski definition) is 9. The van der Waals surface area contributed by atoms with Crippen molar-refractivity contribution in [2.45, 2.75) is 36.8 Å². The monoisotopic (exact) mass is 668 g/mol. The number of carbonyl (C=O) groups is 3. The average Bonchev–Trinajstić information content (AvgIpc) is 3.63. The summed E-state index contributed by atoms with van der Waals surface area (Å²) in [6.07, 6.45) is 2.83. The van der Waals surface area contributed by atoms with Gasteiger partial charge in [-0.25, -0.2) is 4.21 Å². The number of aliphatic hydroxyl groups is 1. The molecule has 5 rings (SSSR count). The lowest BCUT2D eigenvalue weighted by Gasteiger charge is -2.22. The fourth-order valence-corrected chi connectivity index (χ4v) is 7.38. The highest BCUT2D eigenvalue weighted by Gasteiger charge is 2.36. The number of rotatable bonds is 9. The molecule has 1 unspecified atom stereocenters. The van der Waals surface area contributed by atoms with Crippen molar-refractivity contribution in [3.63, 3.8) is 0 Å². The first-order valence-corrected chi connectivity index (χ1v) is 17.0. The van der Waals surface area contributed by atoms with E-state index in [1.807, 2.05) is 6.92 Å². The van der Waals surface area contributed by atoms with Gasteiger partial charge < -0.3 is 15.2 Å². The van der Waals surface area contributed by atoms with Crippen molar-refractivity contribution in [2.75, 3.05) is 31.3 Å². The Labute approximate surface area is 279 Å². The molecular weight excluding hydrogens is 632 g/mol.